The van der Waals surface area contributed by atoms with Crippen molar-refractivity contribution in [3.8, 4) is 22.6 Å². The fraction of sp³-hybridized carbons (Fsp3) is 0.346. The standard InChI is InChI=1S/C26H32N4O3/c1-5-7-17-29(24(32)6-2)18-23(31)27-26-25(20-11-9-8-10-12-20)19(3)28-30(26)21-13-15-22(33-4)16-14-21/h8-16H,5-7,17-18H2,1-4H3,(H,27,31). The number of aryl methyl sites for hydroxylation is 1. The predicted molar refractivity (Wildman–Crippen MR) is 131 cm³/mol. The van der Waals surface area contributed by atoms with Crippen LogP contribution < -0.4 is 10.1 Å². The topological polar surface area (TPSA) is 76.5 Å². The minimum absolute atomic E-state index is 0.00768. The number of carbonyl (C=O) groups excluding carboxylic acids is 2. The van der Waals surface area contributed by atoms with E-state index in [0.717, 1.165) is 41.1 Å². The molecular weight excluding hydrogens is 416 g/mol. The van der Waals surface area contributed by atoms with Crippen LogP contribution in [0.2, 0.25) is 0 Å². The number of nitrogens with zero attached hydrogens (tertiary/aromatic N) is 3. The lowest BCUT2D eigenvalue weighted by Gasteiger charge is -2.22. The van der Waals surface area contributed by atoms with E-state index in [9.17, 15) is 9.59 Å². The Morgan fingerprint density at radius 2 is 1.76 bits per heavy atom. The van der Waals surface area contributed by atoms with Gasteiger partial charge >= 0.3 is 0 Å². The van der Waals surface area contributed by atoms with Crippen molar-refractivity contribution in [2.75, 3.05) is 25.5 Å². The molecule has 0 atom stereocenters. The van der Waals surface area contributed by atoms with E-state index in [0.29, 0.717) is 18.8 Å². The van der Waals surface area contributed by atoms with E-state index in [4.69, 9.17) is 9.84 Å². The maximum absolute atomic E-state index is 13.1. The number of aromatic nitrogens is 2. The molecule has 1 aromatic heterocycles. The van der Waals surface area contributed by atoms with Crippen molar-refractivity contribution >= 4 is 17.6 Å². The lowest BCUT2D eigenvalue weighted by molar-refractivity contribution is -0.134. The maximum atomic E-state index is 13.1. The number of carbonyl (C=O) groups is 2. The SMILES string of the molecule is CCCCN(CC(=O)Nc1c(-c2ccccc2)c(C)nn1-c1ccc(OC)cc1)C(=O)CC. The van der Waals surface area contributed by atoms with Gasteiger partial charge in [-0.15, -0.1) is 0 Å². The zero-order chi connectivity index (χ0) is 23.8. The van der Waals surface area contributed by atoms with Crippen molar-refractivity contribution in [1.82, 2.24) is 14.7 Å². The number of amides is 2. The van der Waals surface area contributed by atoms with Gasteiger partial charge in [-0.05, 0) is 43.2 Å². The van der Waals surface area contributed by atoms with E-state index < -0.39 is 0 Å². The van der Waals surface area contributed by atoms with Crippen molar-refractivity contribution < 1.29 is 14.3 Å². The van der Waals surface area contributed by atoms with E-state index in [1.807, 2.05) is 68.4 Å². The highest BCUT2D eigenvalue weighted by Gasteiger charge is 2.22. The van der Waals surface area contributed by atoms with E-state index in [1.54, 1.807) is 16.7 Å². The van der Waals surface area contributed by atoms with Crippen LogP contribution in [0.4, 0.5) is 5.82 Å². The average Bonchev–Trinajstić information content (AvgIpc) is 3.17. The third-order valence-electron chi connectivity index (χ3n) is 5.47. The summed E-state index contributed by atoms with van der Waals surface area (Å²) in [5, 5.41) is 7.77. The molecule has 7 nitrogen and oxygen atoms in total. The lowest BCUT2D eigenvalue weighted by atomic mass is 10.1. The largest absolute Gasteiger partial charge is 0.497 e. The summed E-state index contributed by atoms with van der Waals surface area (Å²) in [5.74, 6) is 1.04. The molecule has 2 aromatic carbocycles. The average molecular weight is 449 g/mol. The van der Waals surface area contributed by atoms with Gasteiger partial charge in [-0.2, -0.15) is 5.10 Å². The van der Waals surface area contributed by atoms with Crippen LogP contribution in [0.3, 0.4) is 0 Å². The van der Waals surface area contributed by atoms with Gasteiger partial charge in [0.15, 0.2) is 0 Å². The van der Waals surface area contributed by atoms with Gasteiger partial charge in [0.1, 0.15) is 11.6 Å². The number of ether oxygens (including phenoxy) is 1. The minimum atomic E-state index is -0.250. The molecule has 33 heavy (non-hydrogen) atoms. The highest BCUT2D eigenvalue weighted by Crippen LogP contribution is 2.33. The van der Waals surface area contributed by atoms with Crippen molar-refractivity contribution in [3.05, 3.63) is 60.3 Å². The third kappa shape index (κ3) is 5.80. The van der Waals surface area contributed by atoms with E-state index in [1.165, 1.54) is 0 Å². The Kier molecular flexibility index (Phi) is 8.24. The highest BCUT2D eigenvalue weighted by atomic mass is 16.5. The molecule has 1 heterocycles. The van der Waals surface area contributed by atoms with E-state index in [-0.39, 0.29) is 18.4 Å². The molecule has 3 aromatic rings. The van der Waals surface area contributed by atoms with Crippen LogP contribution in [-0.2, 0) is 9.59 Å². The van der Waals surface area contributed by atoms with Crippen molar-refractivity contribution in [2.45, 2.75) is 40.0 Å². The molecule has 0 fully saturated rings. The second-order valence-corrected chi connectivity index (χ2v) is 7.86. The van der Waals surface area contributed by atoms with Crippen LogP contribution in [0, 0.1) is 6.92 Å². The number of rotatable bonds is 10. The summed E-state index contributed by atoms with van der Waals surface area (Å²) in [6.07, 6.45) is 2.18. The predicted octanol–water partition coefficient (Wildman–Crippen LogP) is 4.83. The summed E-state index contributed by atoms with van der Waals surface area (Å²) in [6.45, 7) is 6.38. The fourth-order valence-electron chi connectivity index (χ4n) is 3.71. The highest BCUT2D eigenvalue weighted by molar-refractivity contribution is 5.98. The number of unbranched alkanes of at least 4 members (excludes halogenated alkanes) is 1. The van der Waals surface area contributed by atoms with Crippen molar-refractivity contribution in [3.63, 3.8) is 0 Å². The molecule has 0 saturated heterocycles. The number of hydrogen-bond acceptors (Lipinski definition) is 4. The zero-order valence-electron chi connectivity index (χ0n) is 19.8. The molecule has 1 N–H and O–H groups in total. The van der Waals surface area contributed by atoms with E-state index >= 15 is 0 Å². The molecule has 0 aliphatic heterocycles. The second kappa shape index (κ2) is 11.3. The van der Waals surface area contributed by atoms with Gasteiger partial charge in [0.05, 0.1) is 25.0 Å². The van der Waals surface area contributed by atoms with Gasteiger partial charge in [0, 0.05) is 18.5 Å². The second-order valence-electron chi connectivity index (χ2n) is 7.86. The molecule has 0 radical (unpaired) electrons. The molecule has 3 rings (SSSR count). The quantitative estimate of drug-likeness (QED) is 0.482. The summed E-state index contributed by atoms with van der Waals surface area (Å²) < 4.78 is 7.00. The Bertz CT molecular complexity index is 1070. The first kappa shape index (κ1) is 24.0. The number of anilines is 1. The Morgan fingerprint density at radius 1 is 1.06 bits per heavy atom. The van der Waals surface area contributed by atoms with Gasteiger partial charge in [0.25, 0.3) is 0 Å². The number of hydrogen-bond donors (Lipinski definition) is 1. The Labute approximate surface area is 195 Å². The lowest BCUT2D eigenvalue weighted by Crippen LogP contribution is -2.38. The van der Waals surface area contributed by atoms with Crippen molar-refractivity contribution in [1.29, 1.82) is 0 Å². The van der Waals surface area contributed by atoms with Gasteiger partial charge in [-0.1, -0.05) is 50.6 Å². The van der Waals surface area contributed by atoms with Gasteiger partial charge in [0.2, 0.25) is 11.8 Å². The van der Waals surface area contributed by atoms with Gasteiger partial charge in [-0.25, -0.2) is 4.68 Å². The molecule has 174 valence electrons. The van der Waals surface area contributed by atoms with Gasteiger partial charge in [-0.3, -0.25) is 9.59 Å². The summed E-state index contributed by atoms with van der Waals surface area (Å²) in [6, 6.07) is 17.3. The molecule has 7 heteroatoms. The van der Waals surface area contributed by atoms with Gasteiger partial charge < -0.3 is 15.0 Å². The third-order valence-corrected chi connectivity index (χ3v) is 5.47. The molecule has 0 saturated carbocycles. The van der Waals surface area contributed by atoms with Crippen molar-refractivity contribution in [2.24, 2.45) is 0 Å². The number of methoxy groups -OCH3 is 1. The minimum Gasteiger partial charge on any atom is -0.497 e. The fourth-order valence-corrected chi connectivity index (χ4v) is 3.71. The molecule has 0 unspecified atom stereocenters. The summed E-state index contributed by atoms with van der Waals surface area (Å²) in [4.78, 5) is 27.1. The Balaban J connectivity index is 1.98. The normalized spacial score (nSPS) is 10.7. The Morgan fingerprint density at radius 3 is 2.36 bits per heavy atom. The van der Waals surface area contributed by atoms with Crippen LogP contribution in [0.25, 0.3) is 16.8 Å². The summed E-state index contributed by atoms with van der Waals surface area (Å²) in [7, 11) is 1.62. The monoisotopic (exact) mass is 448 g/mol. The molecule has 0 bridgehead atoms. The molecule has 0 aliphatic rings. The first-order valence-corrected chi connectivity index (χ1v) is 11.4. The Hall–Kier alpha value is -3.61. The molecule has 0 aliphatic carbocycles. The first-order chi connectivity index (χ1) is 16.0. The summed E-state index contributed by atoms with van der Waals surface area (Å²) in [5.41, 5.74) is 3.39. The zero-order valence-corrected chi connectivity index (χ0v) is 19.8. The van der Waals surface area contributed by atoms with E-state index in [2.05, 4.69) is 12.2 Å². The first-order valence-electron chi connectivity index (χ1n) is 11.4. The smallest absolute Gasteiger partial charge is 0.245 e. The molecular formula is C26H32N4O3. The molecule has 0 spiro atoms. The van der Waals surface area contributed by atoms with Crippen LogP contribution in [-0.4, -0.2) is 46.7 Å². The molecule has 2 amide bonds. The van der Waals surface area contributed by atoms with Crippen LogP contribution in [0.1, 0.15) is 38.8 Å². The summed E-state index contributed by atoms with van der Waals surface area (Å²) >= 11 is 0. The van der Waals surface area contributed by atoms with Crippen LogP contribution in [0.5, 0.6) is 5.75 Å². The maximum Gasteiger partial charge on any atom is 0.245 e. The van der Waals surface area contributed by atoms with Crippen LogP contribution >= 0.6 is 0 Å². The van der Waals surface area contributed by atoms with Crippen LogP contribution in [0.15, 0.2) is 54.6 Å². The number of nitrogens with one attached hydrogen (secondary N) is 1. The number of benzene rings is 2.